The normalized spacial score (nSPS) is 9.25. The molecule has 0 aliphatic rings. The van der Waals surface area contributed by atoms with Crippen LogP contribution in [-0.4, -0.2) is 9.97 Å². The summed E-state index contributed by atoms with van der Waals surface area (Å²) in [6, 6.07) is 4.05. The van der Waals surface area contributed by atoms with Crippen LogP contribution in [0, 0.1) is 6.92 Å². The number of hydrogen-bond acceptors (Lipinski definition) is 3. The van der Waals surface area contributed by atoms with Crippen LogP contribution >= 0.6 is 11.3 Å². The van der Waals surface area contributed by atoms with Crippen LogP contribution in [-0.2, 0) is 0 Å². The first kappa shape index (κ1) is 9.13. The van der Waals surface area contributed by atoms with Crippen molar-refractivity contribution in [2.45, 2.75) is 20.8 Å². The van der Waals surface area contributed by atoms with Crippen molar-refractivity contribution < 1.29 is 0 Å². The Morgan fingerprint density at radius 1 is 1.25 bits per heavy atom. The third kappa shape index (κ3) is 1.80. The van der Waals surface area contributed by atoms with Crippen molar-refractivity contribution >= 4 is 21.7 Å². The smallest absolute Gasteiger partial charge is 0.170 e. The molecule has 0 spiro atoms. The van der Waals surface area contributed by atoms with Crippen LogP contribution in [0.15, 0.2) is 17.6 Å². The molecule has 0 fully saturated rings. The third-order valence-electron chi connectivity index (χ3n) is 1.33. The standard InChI is InChI=1S/C7H6N2S.C2H6/c1-5-2-3-6-7(9-5)8-4-10-6;1-2/h2-4H,1H3;1-2H3. The van der Waals surface area contributed by atoms with Gasteiger partial charge >= 0.3 is 0 Å². The van der Waals surface area contributed by atoms with E-state index in [-0.39, 0.29) is 0 Å². The molecule has 12 heavy (non-hydrogen) atoms. The number of fused-ring (bicyclic) bond motifs is 1. The maximum absolute atomic E-state index is 4.23. The lowest BCUT2D eigenvalue weighted by Gasteiger charge is -1.87. The Morgan fingerprint density at radius 3 is 2.75 bits per heavy atom. The van der Waals surface area contributed by atoms with Crippen LogP contribution in [0.5, 0.6) is 0 Å². The van der Waals surface area contributed by atoms with Crippen molar-refractivity contribution in [1.82, 2.24) is 9.97 Å². The Hall–Kier alpha value is -0.960. The summed E-state index contributed by atoms with van der Waals surface area (Å²) in [6.45, 7) is 5.97. The molecule has 0 aliphatic carbocycles. The lowest BCUT2D eigenvalue weighted by molar-refractivity contribution is 1.22. The highest BCUT2D eigenvalue weighted by molar-refractivity contribution is 7.16. The Kier molecular flexibility index (Phi) is 3.17. The SMILES string of the molecule is CC.Cc1ccc2scnc2n1. The van der Waals surface area contributed by atoms with Crippen LogP contribution in [0.25, 0.3) is 10.3 Å². The topological polar surface area (TPSA) is 25.8 Å². The fraction of sp³-hybridized carbons (Fsp3) is 0.333. The lowest BCUT2D eigenvalue weighted by Crippen LogP contribution is -1.78. The number of nitrogens with zero attached hydrogens (tertiary/aromatic N) is 2. The Bertz CT molecular complexity index is 354. The van der Waals surface area contributed by atoms with Gasteiger partial charge in [0.2, 0.25) is 0 Å². The summed E-state index contributed by atoms with van der Waals surface area (Å²) in [6.07, 6.45) is 0. The molecule has 2 aromatic heterocycles. The zero-order valence-electron chi connectivity index (χ0n) is 7.53. The van der Waals surface area contributed by atoms with Gasteiger partial charge in [-0.2, -0.15) is 0 Å². The van der Waals surface area contributed by atoms with E-state index >= 15 is 0 Å². The van der Waals surface area contributed by atoms with Crippen molar-refractivity contribution in [2.75, 3.05) is 0 Å². The molecule has 2 heterocycles. The van der Waals surface area contributed by atoms with Gasteiger partial charge in [0.25, 0.3) is 0 Å². The van der Waals surface area contributed by atoms with Crippen LogP contribution in [0.4, 0.5) is 0 Å². The molecule has 0 amide bonds. The zero-order chi connectivity index (χ0) is 8.97. The molecule has 0 aromatic carbocycles. The highest BCUT2D eigenvalue weighted by Gasteiger charge is 1.95. The van der Waals surface area contributed by atoms with Crippen LogP contribution in [0.2, 0.25) is 0 Å². The Balaban J connectivity index is 0.000000336. The molecule has 0 bridgehead atoms. The van der Waals surface area contributed by atoms with Gasteiger partial charge in [-0.05, 0) is 19.1 Å². The average molecular weight is 180 g/mol. The van der Waals surface area contributed by atoms with E-state index in [4.69, 9.17) is 0 Å². The average Bonchev–Trinajstić information content (AvgIpc) is 2.54. The molecule has 2 nitrogen and oxygen atoms in total. The molecule has 0 saturated carbocycles. The predicted molar refractivity (Wildman–Crippen MR) is 53.5 cm³/mol. The van der Waals surface area contributed by atoms with Crippen molar-refractivity contribution in [3.63, 3.8) is 0 Å². The van der Waals surface area contributed by atoms with Gasteiger partial charge in [-0.3, -0.25) is 0 Å². The van der Waals surface area contributed by atoms with Crippen LogP contribution in [0.3, 0.4) is 0 Å². The molecule has 3 heteroatoms. The molecule has 64 valence electrons. The maximum Gasteiger partial charge on any atom is 0.170 e. The minimum Gasteiger partial charge on any atom is -0.233 e. The van der Waals surface area contributed by atoms with Gasteiger partial charge in [-0.25, -0.2) is 9.97 Å². The summed E-state index contributed by atoms with van der Waals surface area (Å²) >= 11 is 1.62. The third-order valence-corrected chi connectivity index (χ3v) is 2.12. The number of rotatable bonds is 0. The minimum atomic E-state index is 0.866. The van der Waals surface area contributed by atoms with Crippen molar-refractivity contribution in [2.24, 2.45) is 0 Å². The van der Waals surface area contributed by atoms with Gasteiger partial charge in [-0.15, -0.1) is 11.3 Å². The van der Waals surface area contributed by atoms with E-state index in [1.807, 2.05) is 32.3 Å². The number of pyridine rings is 1. The van der Waals surface area contributed by atoms with E-state index in [1.54, 1.807) is 11.3 Å². The molecule has 0 atom stereocenters. The van der Waals surface area contributed by atoms with Crippen molar-refractivity contribution in [3.8, 4) is 0 Å². The number of hydrogen-bond donors (Lipinski definition) is 0. The highest BCUT2D eigenvalue weighted by atomic mass is 32.1. The molecule has 2 aromatic rings. The summed E-state index contributed by atoms with van der Waals surface area (Å²) in [4.78, 5) is 8.32. The minimum absolute atomic E-state index is 0.866. The summed E-state index contributed by atoms with van der Waals surface area (Å²) < 4.78 is 1.16. The van der Waals surface area contributed by atoms with Gasteiger partial charge in [0.05, 0.1) is 10.2 Å². The van der Waals surface area contributed by atoms with E-state index in [0.29, 0.717) is 0 Å². The summed E-state index contributed by atoms with van der Waals surface area (Å²) in [5, 5.41) is 0. The number of aryl methyl sites for hydroxylation is 1. The summed E-state index contributed by atoms with van der Waals surface area (Å²) in [7, 11) is 0. The lowest BCUT2D eigenvalue weighted by atomic mass is 10.4. The number of thiazole rings is 1. The molecular formula is C9H12N2S. The quantitative estimate of drug-likeness (QED) is 0.622. The monoisotopic (exact) mass is 180 g/mol. The van der Waals surface area contributed by atoms with E-state index in [9.17, 15) is 0 Å². The Morgan fingerprint density at radius 2 is 2.00 bits per heavy atom. The first-order valence-electron chi connectivity index (χ1n) is 4.03. The van der Waals surface area contributed by atoms with Crippen LogP contribution in [0.1, 0.15) is 19.5 Å². The van der Waals surface area contributed by atoms with Crippen LogP contribution < -0.4 is 0 Å². The van der Waals surface area contributed by atoms with Crippen molar-refractivity contribution in [1.29, 1.82) is 0 Å². The summed E-state index contributed by atoms with van der Waals surface area (Å²) in [5.41, 5.74) is 3.71. The summed E-state index contributed by atoms with van der Waals surface area (Å²) in [5.74, 6) is 0. The molecule has 0 aliphatic heterocycles. The van der Waals surface area contributed by atoms with Gasteiger partial charge in [-0.1, -0.05) is 13.8 Å². The molecule has 2 rings (SSSR count). The first-order chi connectivity index (χ1) is 5.86. The van der Waals surface area contributed by atoms with Gasteiger partial charge < -0.3 is 0 Å². The Labute approximate surface area is 76.3 Å². The van der Waals surface area contributed by atoms with E-state index in [2.05, 4.69) is 16.0 Å². The molecular weight excluding hydrogens is 168 g/mol. The molecule has 0 radical (unpaired) electrons. The predicted octanol–water partition coefficient (Wildman–Crippen LogP) is 3.03. The molecule has 0 N–H and O–H groups in total. The van der Waals surface area contributed by atoms with E-state index in [1.165, 1.54) is 0 Å². The molecule has 0 saturated heterocycles. The second-order valence-electron chi connectivity index (χ2n) is 2.13. The molecule has 0 unspecified atom stereocenters. The zero-order valence-corrected chi connectivity index (χ0v) is 8.35. The fourth-order valence-electron chi connectivity index (χ4n) is 0.848. The highest BCUT2D eigenvalue weighted by Crippen LogP contribution is 2.14. The maximum atomic E-state index is 4.23. The first-order valence-corrected chi connectivity index (χ1v) is 4.91. The number of aromatic nitrogens is 2. The van der Waals surface area contributed by atoms with Gasteiger partial charge in [0.1, 0.15) is 0 Å². The van der Waals surface area contributed by atoms with E-state index in [0.717, 1.165) is 16.0 Å². The fourth-order valence-corrected chi connectivity index (χ4v) is 1.46. The second-order valence-corrected chi connectivity index (χ2v) is 3.01. The largest absolute Gasteiger partial charge is 0.233 e. The van der Waals surface area contributed by atoms with Gasteiger partial charge in [0.15, 0.2) is 5.65 Å². The second kappa shape index (κ2) is 4.16. The van der Waals surface area contributed by atoms with E-state index < -0.39 is 0 Å². The van der Waals surface area contributed by atoms with Crippen molar-refractivity contribution in [3.05, 3.63) is 23.3 Å². The van der Waals surface area contributed by atoms with Gasteiger partial charge in [0, 0.05) is 5.69 Å².